The lowest BCUT2D eigenvalue weighted by molar-refractivity contribution is -0.121. The van der Waals surface area contributed by atoms with Crippen LogP contribution < -0.4 is 10.7 Å². The van der Waals surface area contributed by atoms with Gasteiger partial charge in [-0.05, 0) is 37.0 Å². The number of fused-ring (bicyclic) bond motifs is 2. The fraction of sp³-hybridized carbons (Fsp3) is 0.769. The molecule has 1 heterocycles. The van der Waals surface area contributed by atoms with E-state index in [1.54, 1.807) is 0 Å². The van der Waals surface area contributed by atoms with Crippen LogP contribution in [0.2, 0.25) is 0 Å². The number of hydrogen-bond acceptors (Lipinski definition) is 3. The molecule has 3 unspecified atom stereocenters. The van der Waals surface area contributed by atoms with Crippen LogP contribution in [0.1, 0.15) is 38.5 Å². The molecule has 5 heteroatoms. The van der Waals surface area contributed by atoms with Crippen molar-refractivity contribution in [1.29, 1.82) is 0 Å². The summed E-state index contributed by atoms with van der Waals surface area (Å²) >= 11 is 0. The minimum atomic E-state index is -0.113. The third-order valence-corrected chi connectivity index (χ3v) is 4.58. The van der Waals surface area contributed by atoms with Crippen molar-refractivity contribution in [3.63, 3.8) is 0 Å². The van der Waals surface area contributed by atoms with Crippen molar-refractivity contribution >= 4 is 17.5 Å². The predicted octanol–water partition coefficient (Wildman–Crippen LogP) is 0.805. The second kappa shape index (κ2) is 4.71. The van der Waals surface area contributed by atoms with Crippen LogP contribution in [0.15, 0.2) is 5.10 Å². The summed E-state index contributed by atoms with van der Waals surface area (Å²) in [4.78, 5) is 22.8. The zero-order valence-corrected chi connectivity index (χ0v) is 10.4. The van der Waals surface area contributed by atoms with Crippen molar-refractivity contribution in [2.24, 2.45) is 22.9 Å². The number of amides is 2. The van der Waals surface area contributed by atoms with E-state index in [1.165, 1.54) is 25.7 Å². The van der Waals surface area contributed by atoms with Gasteiger partial charge in [-0.15, -0.1) is 0 Å². The summed E-state index contributed by atoms with van der Waals surface area (Å²) in [5.74, 6) is 2.16. The Kier molecular flexibility index (Phi) is 3.06. The van der Waals surface area contributed by atoms with Crippen molar-refractivity contribution < 1.29 is 9.59 Å². The van der Waals surface area contributed by atoms with E-state index in [-0.39, 0.29) is 11.8 Å². The molecule has 5 nitrogen and oxygen atoms in total. The molecule has 0 radical (unpaired) electrons. The fourth-order valence-electron chi connectivity index (χ4n) is 3.59. The third kappa shape index (κ3) is 2.26. The number of hydrogen-bond donors (Lipinski definition) is 2. The van der Waals surface area contributed by atoms with E-state index < -0.39 is 0 Å². The maximum Gasteiger partial charge on any atom is 0.267 e. The Hall–Kier alpha value is -1.39. The molecule has 1 aliphatic heterocycles. The van der Waals surface area contributed by atoms with E-state index in [1.807, 2.05) is 0 Å². The van der Waals surface area contributed by atoms with Crippen LogP contribution in [-0.2, 0) is 9.59 Å². The highest BCUT2D eigenvalue weighted by Gasteiger charge is 2.39. The van der Waals surface area contributed by atoms with Gasteiger partial charge in [0.2, 0.25) is 5.91 Å². The first-order chi connectivity index (χ1) is 8.72. The lowest BCUT2D eigenvalue weighted by atomic mass is 9.89. The molecule has 2 saturated carbocycles. The molecule has 0 saturated heterocycles. The van der Waals surface area contributed by atoms with Crippen LogP contribution in [0, 0.1) is 17.8 Å². The van der Waals surface area contributed by atoms with Crippen LogP contribution in [0.25, 0.3) is 0 Å². The highest BCUT2D eigenvalue weighted by molar-refractivity contribution is 6.39. The lowest BCUT2D eigenvalue weighted by Crippen LogP contribution is -2.39. The summed E-state index contributed by atoms with van der Waals surface area (Å²) in [7, 11) is 0. The van der Waals surface area contributed by atoms with E-state index in [4.69, 9.17) is 0 Å². The Morgan fingerprint density at radius 3 is 2.83 bits per heavy atom. The van der Waals surface area contributed by atoms with Gasteiger partial charge in [0.1, 0.15) is 5.71 Å². The highest BCUT2D eigenvalue weighted by atomic mass is 16.2. The molecule has 2 fully saturated rings. The van der Waals surface area contributed by atoms with Gasteiger partial charge in [-0.1, -0.05) is 6.42 Å². The topological polar surface area (TPSA) is 70.6 Å². The molecule has 3 aliphatic rings. The number of hydrazone groups is 1. The van der Waals surface area contributed by atoms with Crippen LogP contribution in [-0.4, -0.2) is 24.1 Å². The fourth-order valence-corrected chi connectivity index (χ4v) is 3.59. The van der Waals surface area contributed by atoms with Crippen molar-refractivity contribution in [3.8, 4) is 0 Å². The van der Waals surface area contributed by atoms with Gasteiger partial charge in [0.05, 0.1) is 0 Å². The summed E-state index contributed by atoms with van der Waals surface area (Å²) in [6.07, 6.45) is 6.16. The van der Waals surface area contributed by atoms with E-state index in [2.05, 4.69) is 15.8 Å². The van der Waals surface area contributed by atoms with E-state index in [0.29, 0.717) is 24.5 Å². The van der Waals surface area contributed by atoms with Gasteiger partial charge < -0.3 is 5.32 Å². The summed E-state index contributed by atoms with van der Waals surface area (Å²) in [6.45, 7) is 0.771. The van der Waals surface area contributed by atoms with Gasteiger partial charge in [-0.2, -0.15) is 5.10 Å². The smallest absolute Gasteiger partial charge is 0.267 e. The maximum absolute atomic E-state index is 11.9. The minimum absolute atomic E-state index is 0.111. The van der Waals surface area contributed by atoms with Crippen LogP contribution in [0.3, 0.4) is 0 Å². The van der Waals surface area contributed by atoms with Crippen LogP contribution >= 0.6 is 0 Å². The molecule has 2 amide bonds. The standard InChI is InChI=1S/C13H19N3O2/c17-12-4-3-11(15-16-12)13(18)14-7-10-6-8-1-2-9(10)5-8/h8-10H,1-7H2,(H,14,18)(H,16,17). The number of rotatable bonds is 3. The third-order valence-electron chi connectivity index (χ3n) is 4.58. The Morgan fingerprint density at radius 1 is 1.33 bits per heavy atom. The molecule has 2 N–H and O–H groups in total. The number of carbonyl (C=O) groups is 2. The summed E-state index contributed by atoms with van der Waals surface area (Å²) in [6, 6.07) is 0. The average molecular weight is 249 g/mol. The van der Waals surface area contributed by atoms with Crippen molar-refractivity contribution in [1.82, 2.24) is 10.7 Å². The number of nitrogens with one attached hydrogen (secondary N) is 2. The normalized spacial score (nSPS) is 34.1. The molecule has 0 spiro atoms. The van der Waals surface area contributed by atoms with E-state index >= 15 is 0 Å². The Morgan fingerprint density at radius 2 is 2.22 bits per heavy atom. The average Bonchev–Trinajstić information content (AvgIpc) is 2.99. The Bertz CT molecular complexity index is 405. The monoisotopic (exact) mass is 249 g/mol. The maximum atomic E-state index is 11.9. The van der Waals surface area contributed by atoms with Gasteiger partial charge in [0.15, 0.2) is 0 Å². The molecule has 0 aromatic carbocycles. The zero-order valence-electron chi connectivity index (χ0n) is 10.4. The number of carbonyl (C=O) groups excluding carboxylic acids is 2. The molecule has 3 rings (SSSR count). The van der Waals surface area contributed by atoms with Crippen molar-refractivity contribution in [3.05, 3.63) is 0 Å². The van der Waals surface area contributed by atoms with Gasteiger partial charge >= 0.3 is 0 Å². The lowest BCUT2D eigenvalue weighted by Gasteiger charge is -2.22. The summed E-state index contributed by atoms with van der Waals surface area (Å²) in [5.41, 5.74) is 2.81. The molecule has 98 valence electrons. The zero-order chi connectivity index (χ0) is 12.5. The Labute approximate surface area is 106 Å². The van der Waals surface area contributed by atoms with Gasteiger partial charge in [0, 0.05) is 19.4 Å². The molecule has 18 heavy (non-hydrogen) atoms. The molecule has 3 atom stereocenters. The highest BCUT2D eigenvalue weighted by Crippen LogP contribution is 2.47. The van der Waals surface area contributed by atoms with Crippen LogP contribution in [0.4, 0.5) is 0 Å². The SMILES string of the molecule is O=C1CCC(C(=O)NCC2CC3CCC2C3)=NN1. The molecule has 2 aliphatic carbocycles. The summed E-state index contributed by atoms with van der Waals surface area (Å²) in [5, 5.41) is 6.78. The second-order valence-electron chi connectivity index (χ2n) is 5.74. The first kappa shape index (κ1) is 11.7. The Balaban J connectivity index is 1.48. The first-order valence-electron chi connectivity index (χ1n) is 6.86. The molecular formula is C13H19N3O2. The van der Waals surface area contributed by atoms with Crippen LogP contribution in [0.5, 0.6) is 0 Å². The molecular weight excluding hydrogens is 230 g/mol. The molecule has 0 aromatic heterocycles. The van der Waals surface area contributed by atoms with E-state index in [0.717, 1.165) is 18.4 Å². The quantitative estimate of drug-likeness (QED) is 0.777. The van der Waals surface area contributed by atoms with Crippen molar-refractivity contribution in [2.75, 3.05) is 6.54 Å². The number of nitrogens with zero attached hydrogens (tertiary/aromatic N) is 1. The molecule has 2 bridgehead atoms. The van der Waals surface area contributed by atoms with Gasteiger partial charge in [0.25, 0.3) is 5.91 Å². The van der Waals surface area contributed by atoms with E-state index in [9.17, 15) is 9.59 Å². The van der Waals surface area contributed by atoms with Gasteiger partial charge in [-0.25, -0.2) is 5.43 Å². The first-order valence-corrected chi connectivity index (χ1v) is 6.86. The summed E-state index contributed by atoms with van der Waals surface area (Å²) < 4.78 is 0. The van der Waals surface area contributed by atoms with Gasteiger partial charge in [-0.3, -0.25) is 9.59 Å². The van der Waals surface area contributed by atoms with Crippen molar-refractivity contribution in [2.45, 2.75) is 38.5 Å². The second-order valence-corrected chi connectivity index (χ2v) is 5.74. The minimum Gasteiger partial charge on any atom is -0.351 e. The predicted molar refractivity (Wildman–Crippen MR) is 66.8 cm³/mol. The largest absolute Gasteiger partial charge is 0.351 e. The molecule has 0 aromatic rings.